The Morgan fingerprint density at radius 1 is 1.44 bits per heavy atom. The van der Waals surface area contributed by atoms with Crippen molar-refractivity contribution in [1.29, 1.82) is 0 Å². The number of nitro groups is 1. The first kappa shape index (κ1) is 12.8. The minimum atomic E-state index is -0.369. The maximum absolute atomic E-state index is 10.9. The second-order valence-corrected chi connectivity index (χ2v) is 4.55. The molecule has 18 heavy (non-hydrogen) atoms. The van der Waals surface area contributed by atoms with Gasteiger partial charge in [0.05, 0.1) is 16.9 Å². The third kappa shape index (κ3) is 2.15. The number of aromatic nitrogens is 2. The molecule has 5 nitrogen and oxygen atoms in total. The van der Waals surface area contributed by atoms with Crippen LogP contribution in [-0.4, -0.2) is 14.5 Å². The molecule has 94 valence electrons. The van der Waals surface area contributed by atoms with Gasteiger partial charge in [0.1, 0.15) is 0 Å². The lowest BCUT2D eigenvalue weighted by Crippen LogP contribution is -1.99. The highest BCUT2D eigenvalue weighted by Gasteiger charge is 2.14. The fraction of sp³-hybridized carbons (Fsp3) is 0.250. The Balaban J connectivity index is 2.54. The van der Waals surface area contributed by atoms with Crippen LogP contribution in [0.2, 0.25) is 0 Å². The normalized spacial score (nSPS) is 10.6. The molecule has 0 unspecified atom stereocenters. The fourth-order valence-corrected chi connectivity index (χ4v) is 2.22. The number of rotatable bonds is 3. The lowest BCUT2D eigenvalue weighted by atomic mass is 10.2. The Labute approximate surface area is 113 Å². The minimum Gasteiger partial charge on any atom is -0.303 e. The molecular weight excluding hydrogens is 298 g/mol. The first-order valence-electron chi connectivity index (χ1n) is 5.38. The summed E-state index contributed by atoms with van der Waals surface area (Å²) in [6.07, 6.45) is 1.73. The topological polar surface area (TPSA) is 61.0 Å². The molecule has 0 fully saturated rings. The SMILES string of the molecule is Cc1ncn(-c2ccc([N+](=O)[O-])c(CBr)c2)c1C. The number of benzene rings is 1. The molecule has 0 saturated carbocycles. The fourth-order valence-electron chi connectivity index (χ4n) is 1.77. The number of hydrogen-bond acceptors (Lipinski definition) is 3. The van der Waals surface area contributed by atoms with E-state index in [1.807, 2.05) is 18.4 Å². The van der Waals surface area contributed by atoms with Crippen molar-refractivity contribution in [2.24, 2.45) is 0 Å². The van der Waals surface area contributed by atoms with Crippen molar-refractivity contribution in [2.45, 2.75) is 19.2 Å². The molecule has 0 aliphatic carbocycles. The van der Waals surface area contributed by atoms with Crippen LogP contribution in [0.5, 0.6) is 0 Å². The van der Waals surface area contributed by atoms with Crippen molar-refractivity contribution in [1.82, 2.24) is 9.55 Å². The molecule has 0 spiro atoms. The van der Waals surface area contributed by atoms with Crippen molar-refractivity contribution >= 4 is 21.6 Å². The van der Waals surface area contributed by atoms with Crippen LogP contribution in [0, 0.1) is 24.0 Å². The molecule has 0 saturated heterocycles. The molecule has 0 N–H and O–H groups in total. The maximum atomic E-state index is 10.9. The predicted molar refractivity (Wildman–Crippen MR) is 72.3 cm³/mol. The third-order valence-electron chi connectivity index (χ3n) is 2.93. The largest absolute Gasteiger partial charge is 0.303 e. The number of hydrogen-bond donors (Lipinski definition) is 0. The van der Waals surface area contributed by atoms with Gasteiger partial charge in [-0.15, -0.1) is 0 Å². The maximum Gasteiger partial charge on any atom is 0.273 e. The summed E-state index contributed by atoms with van der Waals surface area (Å²) in [5.41, 5.74) is 3.65. The molecule has 0 atom stereocenters. The van der Waals surface area contributed by atoms with Gasteiger partial charge in [0.25, 0.3) is 5.69 Å². The van der Waals surface area contributed by atoms with Gasteiger partial charge in [0, 0.05) is 28.3 Å². The van der Waals surface area contributed by atoms with Gasteiger partial charge >= 0.3 is 0 Å². The van der Waals surface area contributed by atoms with E-state index in [1.54, 1.807) is 18.5 Å². The summed E-state index contributed by atoms with van der Waals surface area (Å²) in [6, 6.07) is 5.07. The van der Waals surface area contributed by atoms with Gasteiger partial charge < -0.3 is 4.57 Å². The Morgan fingerprint density at radius 2 is 2.17 bits per heavy atom. The van der Waals surface area contributed by atoms with Crippen molar-refractivity contribution in [3.8, 4) is 5.69 Å². The average Bonchev–Trinajstić information content (AvgIpc) is 2.69. The Bertz CT molecular complexity index is 607. The zero-order valence-corrected chi connectivity index (χ0v) is 11.6. The van der Waals surface area contributed by atoms with E-state index in [0.717, 1.165) is 17.1 Å². The van der Waals surface area contributed by atoms with Crippen LogP contribution in [0.15, 0.2) is 24.5 Å². The second kappa shape index (κ2) is 4.89. The smallest absolute Gasteiger partial charge is 0.273 e. The monoisotopic (exact) mass is 309 g/mol. The molecular formula is C12H12BrN3O2. The molecule has 1 aromatic carbocycles. The number of imidazole rings is 1. The zero-order chi connectivity index (χ0) is 13.3. The van der Waals surface area contributed by atoms with Crippen LogP contribution in [0.4, 0.5) is 5.69 Å². The van der Waals surface area contributed by atoms with Gasteiger partial charge in [-0.1, -0.05) is 15.9 Å². The van der Waals surface area contributed by atoms with E-state index in [0.29, 0.717) is 10.9 Å². The van der Waals surface area contributed by atoms with Gasteiger partial charge in [0.15, 0.2) is 0 Å². The van der Waals surface area contributed by atoms with Gasteiger partial charge in [0.2, 0.25) is 0 Å². The summed E-state index contributed by atoms with van der Waals surface area (Å²) < 4.78 is 1.92. The molecule has 0 amide bonds. The molecule has 0 radical (unpaired) electrons. The minimum absolute atomic E-state index is 0.130. The lowest BCUT2D eigenvalue weighted by Gasteiger charge is -2.07. The van der Waals surface area contributed by atoms with Crippen LogP contribution in [-0.2, 0) is 5.33 Å². The summed E-state index contributed by atoms with van der Waals surface area (Å²) >= 11 is 3.28. The molecule has 1 heterocycles. The van der Waals surface area contributed by atoms with Crippen molar-refractivity contribution in [3.05, 3.63) is 51.6 Å². The molecule has 0 aliphatic rings. The number of aryl methyl sites for hydroxylation is 1. The molecule has 2 rings (SSSR count). The summed E-state index contributed by atoms with van der Waals surface area (Å²) in [7, 11) is 0. The van der Waals surface area contributed by atoms with Gasteiger partial charge in [-0.25, -0.2) is 4.98 Å². The number of nitrogens with zero attached hydrogens (tertiary/aromatic N) is 3. The van der Waals surface area contributed by atoms with E-state index in [4.69, 9.17) is 0 Å². The first-order valence-corrected chi connectivity index (χ1v) is 6.51. The number of nitro benzene ring substituents is 1. The lowest BCUT2D eigenvalue weighted by molar-refractivity contribution is -0.385. The third-order valence-corrected chi connectivity index (χ3v) is 3.54. The number of alkyl halides is 1. The molecule has 0 aliphatic heterocycles. The average molecular weight is 310 g/mol. The molecule has 0 bridgehead atoms. The van der Waals surface area contributed by atoms with E-state index < -0.39 is 0 Å². The van der Waals surface area contributed by atoms with Crippen LogP contribution < -0.4 is 0 Å². The highest BCUT2D eigenvalue weighted by molar-refractivity contribution is 9.08. The van der Waals surface area contributed by atoms with Gasteiger partial charge in [-0.3, -0.25) is 10.1 Å². The highest BCUT2D eigenvalue weighted by Crippen LogP contribution is 2.25. The molecule has 1 aromatic heterocycles. The van der Waals surface area contributed by atoms with Crippen LogP contribution in [0.3, 0.4) is 0 Å². The Hall–Kier alpha value is -1.69. The van der Waals surface area contributed by atoms with E-state index in [1.165, 1.54) is 6.07 Å². The van der Waals surface area contributed by atoms with Crippen LogP contribution in [0.25, 0.3) is 5.69 Å². The second-order valence-electron chi connectivity index (χ2n) is 3.99. The Kier molecular flexibility index (Phi) is 3.47. The standard InChI is InChI=1S/C12H12BrN3O2/c1-8-9(2)15(7-14-8)11-3-4-12(16(17)18)10(5-11)6-13/h3-5,7H,6H2,1-2H3. The zero-order valence-electron chi connectivity index (χ0n) is 10.1. The van der Waals surface area contributed by atoms with E-state index >= 15 is 0 Å². The number of halogens is 1. The predicted octanol–water partition coefficient (Wildman–Crippen LogP) is 3.29. The van der Waals surface area contributed by atoms with Crippen LogP contribution in [0.1, 0.15) is 17.0 Å². The van der Waals surface area contributed by atoms with E-state index in [2.05, 4.69) is 20.9 Å². The van der Waals surface area contributed by atoms with Crippen molar-refractivity contribution in [2.75, 3.05) is 0 Å². The summed E-state index contributed by atoms with van der Waals surface area (Å²) in [5.74, 6) is 0. The van der Waals surface area contributed by atoms with Gasteiger partial charge in [-0.2, -0.15) is 0 Å². The van der Waals surface area contributed by atoms with Gasteiger partial charge in [-0.05, 0) is 26.0 Å². The highest BCUT2D eigenvalue weighted by atomic mass is 79.9. The first-order chi connectivity index (χ1) is 8.54. The van der Waals surface area contributed by atoms with E-state index in [-0.39, 0.29) is 10.6 Å². The molecule has 2 aromatic rings. The quantitative estimate of drug-likeness (QED) is 0.496. The summed E-state index contributed by atoms with van der Waals surface area (Å²) in [5, 5.41) is 11.3. The summed E-state index contributed by atoms with van der Waals surface area (Å²) in [6.45, 7) is 3.90. The van der Waals surface area contributed by atoms with Crippen molar-refractivity contribution in [3.63, 3.8) is 0 Å². The van der Waals surface area contributed by atoms with E-state index in [9.17, 15) is 10.1 Å². The van der Waals surface area contributed by atoms with Crippen LogP contribution >= 0.6 is 15.9 Å². The van der Waals surface area contributed by atoms with Crippen molar-refractivity contribution < 1.29 is 4.92 Å². The Morgan fingerprint density at radius 3 is 2.67 bits per heavy atom. The summed E-state index contributed by atoms with van der Waals surface area (Å²) in [4.78, 5) is 14.7. The molecule has 6 heteroatoms.